The predicted molar refractivity (Wildman–Crippen MR) is 95.0 cm³/mol. The third kappa shape index (κ3) is 3.98. The maximum absolute atomic E-state index is 12.6. The Morgan fingerprint density at radius 2 is 2.08 bits per heavy atom. The molecule has 2 aromatic heterocycles. The molecule has 1 aromatic carbocycles. The number of ether oxygens (including phenoxy) is 2. The SMILES string of the molecule is COC(=O)c1sccc1S(=O)(=O)Nc1cccc(Oc2cnccn2)c1. The number of thiophene rings is 1. The largest absolute Gasteiger partial charge is 0.465 e. The minimum atomic E-state index is -3.97. The van der Waals surface area contributed by atoms with Gasteiger partial charge in [-0.05, 0) is 23.6 Å². The van der Waals surface area contributed by atoms with Crippen molar-refractivity contribution in [3.63, 3.8) is 0 Å². The fourth-order valence-corrected chi connectivity index (χ4v) is 4.43. The number of nitrogens with one attached hydrogen (secondary N) is 1. The lowest BCUT2D eigenvalue weighted by Crippen LogP contribution is -2.15. The zero-order chi connectivity index (χ0) is 18.6. The van der Waals surface area contributed by atoms with E-state index in [9.17, 15) is 13.2 Å². The van der Waals surface area contributed by atoms with E-state index >= 15 is 0 Å². The Labute approximate surface area is 153 Å². The maximum Gasteiger partial charge on any atom is 0.349 e. The van der Waals surface area contributed by atoms with Crippen molar-refractivity contribution in [2.45, 2.75) is 4.90 Å². The van der Waals surface area contributed by atoms with Gasteiger partial charge in [-0.3, -0.25) is 9.71 Å². The van der Waals surface area contributed by atoms with E-state index in [2.05, 4.69) is 19.4 Å². The highest BCUT2D eigenvalue weighted by Gasteiger charge is 2.24. The summed E-state index contributed by atoms with van der Waals surface area (Å²) in [6.45, 7) is 0. The Balaban J connectivity index is 1.83. The molecule has 0 spiro atoms. The van der Waals surface area contributed by atoms with E-state index in [1.54, 1.807) is 18.2 Å². The lowest BCUT2D eigenvalue weighted by Gasteiger charge is -2.10. The Bertz CT molecular complexity index is 1020. The van der Waals surface area contributed by atoms with Crippen molar-refractivity contribution >= 4 is 33.0 Å². The average molecular weight is 391 g/mol. The Hall–Kier alpha value is -2.98. The van der Waals surface area contributed by atoms with Gasteiger partial charge >= 0.3 is 5.97 Å². The summed E-state index contributed by atoms with van der Waals surface area (Å²) in [6, 6.07) is 7.68. The van der Waals surface area contributed by atoms with Crippen LogP contribution in [0.25, 0.3) is 0 Å². The van der Waals surface area contributed by atoms with Crippen LogP contribution in [0.15, 0.2) is 59.2 Å². The number of hydrogen-bond acceptors (Lipinski definition) is 8. The number of carbonyl (C=O) groups is 1. The molecule has 0 unspecified atom stereocenters. The van der Waals surface area contributed by atoms with Gasteiger partial charge in [0.15, 0.2) is 0 Å². The molecule has 26 heavy (non-hydrogen) atoms. The van der Waals surface area contributed by atoms with Crippen molar-refractivity contribution in [2.75, 3.05) is 11.8 Å². The number of anilines is 1. The molecule has 2 heterocycles. The molecule has 10 heteroatoms. The highest BCUT2D eigenvalue weighted by molar-refractivity contribution is 7.93. The summed E-state index contributed by atoms with van der Waals surface area (Å²) in [7, 11) is -2.78. The van der Waals surface area contributed by atoms with Crippen molar-refractivity contribution in [3.05, 3.63) is 59.2 Å². The Kier molecular flexibility index (Phi) is 5.14. The molecular formula is C16H13N3O5S2. The summed E-state index contributed by atoms with van der Waals surface area (Å²) in [5.74, 6) is -0.0531. The molecule has 3 aromatic rings. The van der Waals surface area contributed by atoms with Crippen LogP contribution in [0.2, 0.25) is 0 Å². The van der Waals surface area contributed by atoms with E-state index in [0.717, 1.165) is 11.3 Å². The second-order valence-corrected chi connectivity index (χ2v) is 7.45. The summed E-state index contributed by atoms with van der Waals surface area (Å²) in [5.41, 5.74) is 0.272. The smallest absolute Gasteiger partial charge is 0.349 e. The number of rotatable bonds is 6. The second-order valence-electron chi connectivity index (χ2n) is 4.88. The molecule has 0 atom stereocenters. The van der Waals surface area contributed by atoms with Crippen molar-refractivity contribution < 1.29 is 22.7 Å². The molecule has 0 fully saturated rings. The van der Waals surface area contributed by atoms with Gasteiger partial charge in [0.1, 0.15) is 15.5 Å². The van der Waals surface area contributed by atoms with Crippen LogP contribution in [-0.4, -0.2) is 31.5 Å². The van der Waals surface area contributed by atoms with Crippen molar-refractivity contribution in [1.82, 2.24) is 9.97 Å². The fraction of sp³-hybridized carbons (Fsp3) is 0.0625. The van der Waals surface area contributed by atoms with Gasteiger partial charge in [-0.25, -0.2) is 18.2 Å². The molecule has 1 N–H and O–H groups in total. The molecule has 0 bridgehead atoms. The zero-order valence-electron chi connectivity index (χ0n) is 13.4. The maximum atomic E-state index is 12.6. The van der Waals surface area contributed by atoms with E-state index in [1.807, 2.05) is 0 Å². The first-order chi connectivity index (χ1) is 12.5. The lowest BCUT2D eigenvalue weighted by atomic mass is 10.3. The van der Waals surface area contributed by atoms with Crippen LogP contribution in [0.1, 0.15) is 9.67 Å². The van der Waals surface area contributed by atoms with Gasteiger partial charge in [0.25, 0.3) is 10.0 Å². The van der Waals surface area contributed by atoms with E-state index in [4.69, 9.17) is 4.74 Å². The topological polar surface area (TPSA) is 107 Å². The van der Waals surface area contributed by atoms with E-state index in [1.165, 1.54) is 43.2 Å². The molecule has 0 saturated heterocycles. The highest BCUT2D eigenvalue weighted by Crippen LogP contribution is 2.27. The first-order valence-corrected chi connectivity index (χ1v) is 9.58. The molecular weight excluding hydrogens is 378 g/mol. The van der Waals surface area contributed by atoms with Crippen LogP contribution < -0.4 is 9.46 Å². The molecule has 0 aliphatic carbocycles. The molecule has 0 saturated carbocycles. The number of esters is 1. The quantitative estimate of drug-likeness (QED) is 0.644. The van der Waals surface area contributed by atoms with E-state index < -0.39 is 16.0 Å². The number of aromatic nitrogens is 2. The summed E-state index contributed by atoms with van der Waals surface area (Å²) in [4.78, 5) is 19.5. The summed E-state index contributed by atoms with van der Waals surface area (Å²) in [5, 5.41) is 1.51. The monoisotopic (exact) mass is 391 g/mol. The van der Waals surface area contributed by atoms with Crippen LogP contribution in [0.4, 0.5) is 5.69 Å². The minimum absolute atomic E-state index is 0.00645. The number of nitrogens with zero attached hydrogens (tertiary/aromatic N) is 2. The van der Waals surface area contributed by atoms with E-state index in [-0.39, 0.29) is 21.3 Å². The number of methoxy groups -OCH3 is 1. The predicted octanol–water partition coefficient (Wildman–Crippen LogP) is 2.92. The lowest BCUT2D eigenvalue weighted by molar-refractivity contribution is 0.0602. The molecule has 8 nitrogen and oxygen atoms in total. The Morgan fingerprint density at radius 1 is 1.23 bits per heavy atom. The van der Waals surface area contributed by atoms with Crippen LogP contribution in [0.5, 0.6) is 11.6 Å². The highest BCUT2D eigenvalue weighted by atomic mass is 32.2. The van der Waals surface area contributed by atoms with Gasteiger partial charge in [-0.15, -0.1) is 11.3 Å². The average Bonchev–Trinajstić information content (AvgIpc) is 3.13. The summed E-state index contributed by atoms with van der Waals surface area (Å²) >= 11 is 0.991. The summed E-state index contributed by atoms with van der Waals surface area (Å²) in [6.07, 6.45) is 4.43. The third-order valence-electron chi connectivity index (χ3n) is 3.14. The molecule has 0 aliphatic rings. The minimum Gasteiger partial charge on any atom is -0.465 e. The van der Waals surface area contributed by atoms with Crippen LogP contribution in [-0.2, 0) is 14.8 Å². The number of sulfonamides is 1. The molecule has 0 aliphatic heterocycles. The molecule has 0 amide bonds. The van der Waals surface area contributed by atoms with Crippen molar-refractivity contribution in [3.8, 4) is 11.6 Å². The number of hydrogen-bond donors (Lipinski definition) is 1. The van der Waals surface area contributed by atoms with Gasteiger partial charge in [0.05, 0.1) is 19.0 Å². The normalized spacial score (nSPS) is 11.0. The van der Waals surface area contributed by atoms with Gasteiger partial charge < -0.3 is 9.47 Å². The number of benzene rings is 1. The van der Waals surface area contributed by atoms with E-state index in [0.29, 0.717) is 5.75 Å². The van der Waals surface area contributed by atoms with Gasteiger partial charge in [0, 0.05) is 18.5 Å². The first-order valence-electron chi connectivity index (χ1n) is 7.22. The third-order valence-corrected chi connectivity index (χ3v) is 5.58. The van der Waals surface area contributed by atoms with Crippen LogP contribution in [0.3, 0.4) is 0 Å². The van der Waals surface area contributed by atoms with Crippen LogP contribution >= 0.6 is 11.3 Å². The van der Waals surface area contributed by atoms with Gasteiger partial charge in [-0.2, -0.15) is 0 Å². The molecule has 3 rings (SSSR count). The van der Waals surface area contributed by atoms with Crippen LogP contribution in [0, 0.1) is 0 Å². The number of carbonyl (C=O) groups excluding carboxylic acids is 1. The summed E-state index contributed by atoms with van der Waals surface area (Å²) < 4.78 is 37.8. The van der Waals surface area contributed by atoms with Gasteiger partial charge in [0.2, 0.25) is 5.88 Å². The Morgan fingerprint density at radius 3 is 2.81 bits per heavy atom. The molecule has 134 valence electrons. The van der Waals surface area contributed by atoms with Gasteiger partial charge in [-0.1, -0.05) is 6.07 Å². The standard InChI is InChI=1S/C16H13N3O5S2/c1-23-16(20)15-13(5-8-25-15)26(21,22)19-11-3-2-4-12(9-11)24-14-10-17-6-7-18-14/h2-10,19H,1H3. The zero-order valence-corrected chi connectivity index (χ0v) is 15.1. The second kappa shape index (κ2) is 7.50. The molecule has 0 radical (unpaired) electrons. The van der Waals surface area contributed by atoms with Crippen molar-refractivity contribution in [1.29, 1.82) is 0 Å². The fourth-order valence-electron chi connectivity index (χ4n) is 2.04. The first kappa shape index (κ1) is 17.8. The van der Waals surface area contributed by atoms with Crippen molar-refractivity contribution in [2.24, 2.45) is 0 Å².